The summed E-state index contributed by atoms with van der Waals surface area (Å²) in [6, 6.07) is 5.09. The highest BCUT2D eigenvalue weighted by Gasteiger charge is 2.33. The number of hydrogen-bond acceptors (Lipinski definition) is 3. The Kier molecular flexibility index (Phi) is 3.40. The van der Waals surface area contributed by atoms with Crippen molar-refractivity contribution < 1.29 is 14.3 Å². The van der Waals surface area contributed by atoms with Crippen LogP contribution in [0.1, 0.15) is 6.92 Å². The number of benzene rings is 1. The first-order chi connectivity index (χ1) is 7.61. The van der Waals surface area contributed by atoms with Gasteiger partial charge in [-0.15, -0.1) is 0 Å². The van der Waals surface area contributed by atoms with Gasteiger partial charge in [0.25, 0.3) is 0 Å². The van der Waals surface area contributed by atoms with Crippen LogP contribution in [-0.2, 0) is 4.79 Å². The topological polar surface area (TPSA) is 35.5 Å². The normalized spacial score (nSPS) is 22.9. The minimum atomic E-state index is -0.562. The van der Waals surface area contributed by atoms with Crippen molar-refractivity contribution in [2.24, 2.45) is 0 Å². The van der Waals surface area contributed by atoms with Crippen molar-refractivity contribution in [2.45, 2.75) is 19.1 Å². The predicted octanol–water partition coefficient (Wildman–Crippen LogP) is 2.83. The van der Waals surface area contributed by atoms with E-state index in [4.69, 9.17) is 21.1 Å². The summed E-state index contributed by atoms with van der Waals surface area (Å²) in [7, 11) is 0. The first-order valence-electron chi connectivity index (χ1n) is 4.83. The average Bonchev–Trinajstić information content (AvgIpc) is 2.27. The Balaban J connectivity index is 2.28. The second kappa shape index (κ2) is 4.63. The van der Waals surface area contributed by atoms with Crippen LogP contribution in [0.5, 0.6) is 11.5 Å². The van der Waals surface area contributed by atoms with Crippen LogP contribution in [0.25, 0.3) is 0 Å². The molecule has 0 bridgehead atoms. The molecule has 2 atom stereocenters. The summed E-state index contributed by atoms with van der Waals surface area (Å²) in [4.78, 5) is 11.6. The molecule has 1 aromatic carbocycles. The molecular weight excluding hydrogens is 295 g/mol. The van der Waals surface area contributed by atoms with Gasteiger partial charge in [0.05, 0.1) is 5.33 Å². The van der Waals surface area contributed by atoms with Gasteiger partial charge in [-0.25, -0.2) is 0 Å². The molecule has 0 spiro atoms. The van der Waals surface area contributed by atoms with Crippen molar-refractivity contribution >= 4 is 33.3 Å². The van der Waals surface area contributed by atoms with Gasteiger partial charge < -0.3 is 9.47 Å². The average molecular weight is 306 g/mol. The van der Waals surface area contributed by atoms with Crippen molar-refractivity contribution in [3.05, 3.63) is 23.2 Å². The summed E-state index contributed by atoms with van der Waals surface area (Å²) in [5.74, 6) is 1.11. The van der Waals surface area contributed by atoms with Crippen LogP contribution < -0.4 is 9.47 Å². The summed E-state index contributed by atoms with van der Waals surface area (Å²) < 4.78 is 11.2. The molecule has 0 fully saturated rings. The van der Waals surface area contributed by atoms with E-state index in [-0.39, 0.29) is 17.2 Å². The van der Waals surface area contributed by atoms with E-state index >= 15 is 0 Å². The Bertz CT molecular complexity index is 422. The van der Waals surface area contributed by atoms with Crippen molar-refractivity contribution in [1.82, 2.24) is 0 Å². The second-order valence-corrected chi connectivity index (χ2v) is 4.55. The number of fused-ring (bicyclic) bond motifs is 1. The fourth-order valence-corrected chi connectivity index (χ4v) is 2.05. The monoisotopic (exact) mass is 304 g/mol. The maximum atomic E-state index is 11.6. The van der Waals surface area contributed by atoms with Crippen LogP contribution in [0.4, 0.5) is 0 Å². The number of ketones is 1. The molecule has 0 N–H and O–H groups in total. The molecular formula is C11H10BrClO3. The van der Waals surface area contributed by atoms with E-state index in [1.165, 1.54) is 0 Å². The molecule has 0 radical (unpaired) electrons. The van der Waals surface area contributed by atoms with Gasteiger partial charge in [0.2, 0.25) is 0 Å². The second-order valence-electron chi connectivity index (χ2n) is 3.55. The molecule has 0 saturated heterocycles. The molecule has 1 aromatic rings. The van der Waals surface area contributed by atoms with Crippen molar-refractivity contribution in [1.29, 1.82) is 0 Å². The van der Waals surface area contributed by atoms with Crippen molar-refractivity contribution in [3.8, 4) is 11.5 Å². The van der Waals surface area contributed by atoms with Gasteiger partial charge >= 0.3 is 0 Å². The zero-order valence-electron chi connectivity index (χ0n) is 8.57. The molecule has 1 aliphatic rings. The molecule has 5 heteroatoms. The zero-order chi connectivity index (χ0) is 11.7. The molecule has 2 rings (SSSR count). The van der Waals surface area contributed by atoms with E-state index in [0.717, 1.165) is 0 Å². The Labute approximate surface area is 107 Å². The van der Waals surface area contributed by atoms with Crippen LogP contribution >= 0.6 is 27.5 Å². The van der Waals surface area contributed by atoms with Gasteiger partial charge in [-0.3, -0.25) is 4.79 Å². The van der Waals surface area contributed by atoms with Crippen LogP contribution in [-0.4, -0.2) is 23.3 Å². The minimum absolute atomic E-state index is 0.0342. The fraction of sp³-hybridized carbons (Fsp3) is 0.364. The molecule has 0 saturated carbocycles. The third-order valence-corrected chi connectivity index (χ3v) is 3.14. The lowest BCUT2D eigenvalue weighted by Gasteiger charge is -2.30. The van der Waals surface area contributed by atoms with E-state index < -0.39 is 6.10 Å². The van der Waals surface area contributed by atoms with E-state index in [0.29, 0.717) is 16.5 Å². The Morgan fingerprint density at radius 1 is 1.44 bits per heavy atom. The molecule has 0 amide bonds. The van der Waals surface area contributed by atoms with Crippen LogP contribution in [0.15, 0.2) is 18.2 Å². The minimum Gasteiger partial charge on any atom is -0.482 e. The van der Waals surface area contributed by atoms with Gasteiger partial charge in [0, 0.05) is 11.1 Å². The maximum Gasteiger partial charge on any atom is 0.194 e. The Hall–Kier alpha value is -0.740. The first-order valence-corrected chi connectivity index (χ1v) is 6.33. The molecule has 2 unspecified atom stereocenters. The SMILES string of the molecule is CC1Oc2cc(Cl)ccc2OC1C(=O)CBr. The number of rotatable bonds is 2. The molecule has 1 heterocycles. The summed E-state index contributed by atoms with van der Waals surface area (Å²) in [5.41, 5.74) is 0. The Morgan fingerprint density at radius 3 is 2.88 bits per heavy atom. The largest absolute Gasteiger partial charge is 0.482 e. The van der Waals surface area contributed by atoms with Crippen LogP contribution in [0.3, 0.4) is 0 Å². The van der Waals surface area contributed by atoms with Crippen LogP contribution in [0.2, 0.25) is 5.02 Å². The lowest BCUT2D eigenvalue weighted by Crippen LogP contribution is -2.44. The van der Waals surface area contributed by atoms with Gasteiger partial charge in [-0.05, 0) is 19.1 Å². The third-order valence-electron chi connectivity index (χ3n) is 2.35. The lowest BCUT2D eigenvalue weighted by molar-refractivity contribution is -0.128. The molecule has 3 nitrogen and oxygen atoms in total. The van der Waals surface area contributed by atoms with E-state index in [1.54, 1.807) is 25.1 Å². The summed E-state index contributed by atoms with van der Waals surface area (Å²) in [5, 5.41) is 0.841. The molecule has 0 aliphatic carbocycles. The Morgan fingerprint density at radius 2 is 2.19 bits per heavy atom. The van der Waals surface area contributed by atoms with Crippen molar-refractivity contribution in [2.75, 3.05) is 5.33 Å². The number of carbonyl (C=O) groups excluding carboxylic acids is 1. The maximum absolute atomic E-state index is 11.6. The summed E-state index contributed by atoms with van der Waals surface area (Å²) >= 11 is 8.96. The number of ether oxygens (including phenoxy) is 2. The molecule has 0 aromatic heterocycles. The summed E-state index contributed by atoms with van der Waals surface area (Å²) in [6.07, 6.45) is -0.871. The van der Waals surface area contributed by atoms with Gasteiger partial charge in [0.1, 0.15) is 6.10 Å². The number of halogens is 2. The van der Waals surface area contributed by atoms with Crippen molar-refractivity contribution in [3.63, 3.8) is 0 Å². The fourth-order valence-electron chi connectivity index (χ4n) is 1.57. The first kappa shape index (κ1) is 11.7. The third kappa shape index (κ3) is 2.18. The molecule has 86 valence electrons. The standard InChI is InChI=1S/C11H10BrClO3/c1-6-11(8(14)5-12)16-9-3-2-7(13)4-10(9)15-6/h2-4,6,11H,5H2,1H3. The van der Waals surface area contributed by atoms with E-state index in [2.05, 4.69) is 15.9 Å². The molecule has 16 heavy (non-hydrogen) atoms. The number of carbonyl (C=O) groups is 1. The van der Waals surface area contributed by atoms with Gasteiger partial charge in [-0.1, -0.05) is 27.5 Å². The molecule has 1 aliphatic heterocycles. The number of hydrogen-bond donors (Lipinski definition) is 0. The predicted molar refractivity (Wildman–Crippen MR) is 64.8 cm³/mol. The van der Waals surface area contributed by atoms with E-state index in [9.17, 15) is 4.79 Å². The van der Waals surface area contributed by atoms with E-state index in [1.807, 2.05) is 0 Å². The van der Waals surface area contributed by atoms with Gasteiger partial charge in [-0.2, -0.15) is 0 Å². The summed E-state index contributed by atoms with van der Waals surface area (Å²) in [6.45, 7) is 1.80. The number of Topliss-reactive ketones (excluding diaryl/α,β-unsaturated/α-hetero) is 1. The van der Waals surface area contributed by atoms with Gasteiger partial charge in [0.15, 0.2) is 23.4 Å². The highest BCUT2D eigenvalue weighted by atomic mass is 79.9. The number of alkyl halides is 1. The van der Waals surface area contributed by atoms with Crippen LogP contribution in [0, 0.1) is 0 Å². The lowest BCUT2D eigenvalue weighted by atomic mass is 10.1. The highest BCUT2D eigenvalue weighted by molar-refractivity contribution is 9.09. The zero-order valence-corrected chi connectivity index (χ0v) is 10.9. The quantitative estimate of drug-likeness (QED) is 0.788. The smallest absolute Gasteiger partial charge is 0.194 e. The highest BCUT2D eigenvalue weighted by Crippen LogP contribution is 2.36.